The molecule has 1 N–H and O–H groups in total. The lowest BCUT2D eigenvalue weighted by atomic mass is 9.83. The van der Waals surface area contributed by atoms with Crippen LogP contribution in [0.15, 0.2) is 0 Å². The molecule has 3 heteroatoms. The Balaban J connectivity index is 2.44. The highest BCUT2D eigenvalue weighted by atomic mass is 16.5. The first-order chi connectivity index (χ1) is 6.66. The number of rotatable bonds is 5. The van der Waals surface area contributed by atoms with Crippen molar-refractivity contribution in [3.8, 4) is 0 Å². The number of hydrogen-bond acceptors (Lipinski definition) is 2. The van der Waals surface area contributed by atoms with E-state index in [1.54, 1.807) is 7.11 Å². The molecule has 0 heterocycles. The summed E-state index contributed by atoms with van der Waals surface area (Å²) in [5, 5.41) is 9.03. The summed E-state index contributed by atoms with van der Waals surface area (Å²) in [6, 6.07) is 0. The topological polar surface area (TPSA) is 46.5 Å². The molecule has 82 valence electrons. The molecule has 3 unspecified atom stereocenters. The van der Waals surface area contributed by atoms with Gasteiger partial charge in [0.2, 0.25) is 0 Å². The lowest BCUT2D eigenvalue weighted by molar-refractivity contribution is -0.143. The van der Waals surface area contributed by atoms with E-state index in [9.17, 15) is 4.79 Å². The van der Waals surface area contributed by atoms with Crippen molar-refractivity contribution in [3.05, 3.63) is 0 Å². The van der Waals surface area contributed by atoms with Crippen molar-refractivity contribution in [2.75, 3.05) is 13.7 Å². The monoisotopic (exact) mass is 200 g/mol. The third kappa shape index (κ3) is 2.71. The Kier molecular flexibility index (Phi) is 4.39. The molecule has 0 bridgehead atoms. The van der Waals surface area contributed by atoms with Gasteiger partial charge in [-0.2, -0.15) is 0 Å². The number of carboxylic acid groups (broad SMARTS) is 1. The van der Waals surface area contributed by atoms with Gasteiger partial charge in [-0.15, -0.1) is 0 Å². The zero-order valence-corrected chi connectivity index (χ0v) is 9.03. The van der Waals surface area contributed by atoms with Gasteiger partial charge in [0.15, 0.2) is 0 Å². The molecule has 0 amide bonds. The average Bonchev–Trinajstić information content (AvgIpc) is 2.62. The van der Waals surface area contributed by atoms with Crippen LogP contribution in [-0.2, 0) is 9.53 Å². The Labute approximate surface area is 85.5 Å². The van der Waals surface area contributed by atoms with E-state index >= 15 is 0 Å². The molecule has 0 radical (unpaired) electrons. The first kappa shape index (κ1) is 11.5. The maximum Gasteiger partial charge on any atom is 0.306 e. The maximum atomic E-state index is 11.0. The fraction of sp³-hybridized carbons (Fsp3) is 0.909. The van der Waals surface area contributed by atoms with Gasteiger partial charge in [-0.05, 0) is 31.1 Å². The summed E-state index contributed by atoms with van der Waals surface area (Å²) in [5.41, 5.74) is 0. The van der Waals surface area contributed by atoms with Gasteiger partial charge in [-0.1, -0.05) is 13.3 Å². The standard InChI is InChI=1S/C11H20O3/c1-8(6-7-14-2)9-4-3-5-10(9)11(12)13/h8-10H,3-7H2,1-2H3,(H,12,13). The van der Waals surface area contributed by atoms with Crippen LogP contribution in [0.5, 0.6) is 0 Å². The van der Waals surface area contributed by atoms with Crippen molar-refractivity contribution < 1.29 is 14.6 Å². The third-order valence-corrected chi connectivity index (χ3v) is 3.39. The van der Waals surface area contributed by atoms with Gasteiger partial charge in [-0.25, -0.2) is 0 Å². The normalized spacial score (nSPS) is 29.0. The van der Waals surface area contributed by atoms with Crippen molar-refractivity contribution in [1.29, 1.82) is 0 Å². The van der Waals surface area contributed by atoms with Crippen molar-refractivity contribution >= 4 is 5.97 Å². The van der Waals surface area contributed by atoms with E-state index in [0.29, 0.717) is 11.8 Å². The predicted molar refractivity (Wildman–Crippen MR) is 54.1 cm³/mol. The quantitative estimate of drug-likeness (QED) is 0.739. The number of carbonyl (C=O) groups is 1. The van der Waals surface area contributed by atoms with E-state index in [2.05, 4.69) is 6.92 Å². The van der Waals surface area contributed by atoms with E-state index in [4.69, 9.17) is 9.84 Å². The molecule has 1 rings (SSSR count). The lowest BCUT2D eigenvalue weighted by Gasteiger charge is -2.22. The Morgan fingerprint density at radius 2 is 2.29 bits per heavy atom. The second-order valence-electron chi connectivity index (χ2n) is 4.30. The lowest BCUT2D eigenvalue weighted by Crippen LogP contribution is -2.24. The summed E-state index contributed by atoms with van der Waals surface area (Å²) in [5.74, 6) is 0.111. The summed E-state index contributed by atoms with van der Waals surface area (Å²) in [6.07, 6.45) is 3.98. The fourth-order valence-corrected chi connectivity index (χ4v) is 2.49. The van der Waals surface area contributed by atoms with E-state index in [1.807, 2.05) is 0 Å². The number of methoxy groups -OCH3 is 1. The van der Waals surface area contributed by atoms with Gasteiger partial charge >= 0.3 is 5.97 Å². The maximum absolute atomic E-state index is 11.0. The minimum absolute atomic E-state index is 0.109. The van der Waals surface area contributed by atoms with Crippen LogP contribution in [0.1, 0.15) is 32.6 Å². The highest BCUT2D eigenvalue weighted by molar-refractivity contribution is 5.70. The van der Waals surface area contributed by atoms with Crippen LogP contribution in [0, 0.1) is 17.8 Å². The molecule has 0 aromatic carbocycles. The largest absolute Gasteiger partial charge is 0.481 e. The van der Waals surface area contributed by atoms with Crippen molar-refractivity contribution in [2.45, 2.75) is 32.6 Å². The SMILES string of the molecule is COCCC(C)C1CCCC1C(=O)O. The number of carboxylic acids is 1. The van der Waals surface area contributed by atoms with E-state index in [-0.39, 0.29) is 5.92 Å². The number of hydrogen-bond donors (Lipinski definition) is 1. The molecule has 1 aliphatic rings. The number of ether oxygens (including phenoxy) is 1. The molecule has 14 heavy (non-hydrogen) atoms. The molecular formula is C11H20O3. The molecule has 1 saturated carbocycles. The van der Waals surface area contributed by atoms with Crippen molar-refractivity contribution in [1.82, 2.24) is 0 Å². The third-order valence-electron chi connectivity index (χ3n) is 3.39. The molecule has 0 aliphatic heterocycles. The van der Waals surface area contributed by atoms with Crippen LogP contribution < -0.4 is 0 Å². The Hall–Kier alpha value is -0.570. The minimum Gasteiger partial charge on any atom is -0.481 e. The molecule has 0 aromatic heterocycles. The highest BCUT2D eigenvalue weighted by Crippen LogP contribution is 2.38. The predicted octanol–water partition coefficient (Wildman–Crippen LogP) is 2.16. The van der Waals surface area contributed by atoms with Crippen molar-refractivity contribution in [3.63, 3.8) is 0 Å². The Bertz CT molecular complexity index is 191. The van der Waals surface area contributed by atoms with Crippen LogP contribution in [0.25, 0.3) is 0 Å². The Morgan fingerprint density at radius 1 is 1.57 bits per heavy atom. The molecule has 1 aliphatic carbocycles. The van der Waals surface area contributed by atoms with E-state index in [1.165, 1.54) is 0 Å². The van der Waals surface area contributed by atoms with Gasteiger partial charge in [0.05, 0.1) is 5.92 Å². The highest BCUT2D eigenvalue weighted by Gasteiger charge is 2.35. The van der Waals surface area contributed by atoms with Gasteiger partial charge in [0.1, 0.15) is 0 Å². The van der Waals surface area contributed by atoms with Crippen LogP contribution in [-0.4, -0.2) is 24.8 Å². The van der Waals surface area contributed by atoms with Gasteiger partial charge in [-0.3, -0.25) is 4.79 Å². The van der Waals surface area contributed by atoms with Crippen LogP contribution in [0.2, 0.25) is 0 Å². The molecule has 1 fully saturated rings. The molecular weight excluding hydrogens is 180 g/mol. The first-order valence-electron chi connectivity index (χ1n) is 5.38. The zero-order valence-electron chi connectivity index (χ0n) is 9.03. The van der Waals surface area contributed by atoms with E-state index < -0.39 is 5.97 Å². The van der Waals surface area contributed by atoms with Gasteiger partial charge in [0.25, 0.3) is 0 Å². The number of aliphatic carboxylic acids is 1. The molecule has 0 aromatic rings. The van der Waals surface area contributed by atoms with Gasteiger partial charge in [0, 0.05) is 13.7 Å². The second kappa shape index (κ2) is 5.35. The van der Waals surface area contributed by atoms with Crippen molar-refractivity contribution in [2.24, 2.45) is 17.8 Å². The summed E-state index contributed by atoms with van der Waals surface area (Å²) >= 11 is 0. The molecule has 3 nitrogen and oxygen atoms in total. The fourth-order valence-electron chi connectivity index (χ4n) is 2.49. The second-order valence-corrected chi connectivity index (χ2v) is 4.30. The minimum atomic E-state index is -0.614. The van der Waals surface area contributed by atoms with Crippen LogP contribution in [0.3, 0.4) is 0 Å². The first-order valence-corrected chi connectivity index (χ1v) is 5.38. The van der Waals surface area contributed by atoms with Gasteiger partial charge < -0.3 is 9.84 Å². The molecule has 0 spiro atoms. The summed E-state index contributed by atoms with van der Waals surface area (Å²) < 4.78 is 5.02. The van der Waals surface area contributed by atoms with Crippen LogP contribution in [0.4, 0.5) is 0 Å². The smallest absolute Gasteiger partial charge is 0.306 e. The average molecular weight is 200 g/mol. The zero-order chi connectivity index (χ0) is 10.6. The molecule has 0 saturated heterocycles. The van der Waals surface area contributed by atoms with E-state index in [0.717, 1.165) is 32.3 Å². The summed E-state index contributed by atoms with van der Waals surface area (Å²) in [4.78, 5) is 11.0. The summed E-state index contributed by atoms with van der Waals surface area (Å²) in [6.45, 7) is 2.88. The van der Waals surface area contributed by atoms with Crippen LogP contribution >= 0.6 is 0 Å². The Morgan fingerprint density at radius 3 is 2.86 bits per heavy atom. The molecule has 3 atom stereocenters. The summed E-state index contributed by atoms with van der Waals surface area (Å²) in [7, 11) is 1.69.